The zero-order valence-corrected chi connectivity index (χ0v) is 10.6. The van der Waals surface area contributed by atoms with Crippen molar-refractivity contribution in [2.75, 3.05) is 11.9 Å². The van der Waals surface area contributed by atoms with Crippen LogP contribution in [0.1, 0.15) is 36.2 Å². The molecule has 2 rings (SSSR count). The Bertz CT molecular complexity index is 523. The Labute approximate surface area is 109 Å². The molecule has 3 N–H and O–H groups in total. The minimum atomic E-state index is -0.360. The molecular weight excluding hydrogens is 248 g/mol. The summed E-state index contributed by atoms with van der Waals surface area (Å²) < 4.78 is 0. The van der Waals surface area contributed by atoms with Gasteiger partial charge in [0.05, 0.1) is 6.04 Å². The Balaban J connectivity index is 1.99. The van der Waals surface area contributed by atoms with Crippen LogP contribution < -0.4 is 10.6 Å². The van der Waals surface area contributed by atoms with Crippen molar-refractivity contribution >= 4 is 11.7 Å². The van der Waals surface area contributed by atoms with E-state index in [-0.39, 0.29) is 17.6 Å². The molecule has 0 fully saturated rings. The molecule has 19 heavy (non-hydrogen) atoms. The molecule has 2 heterocycles. The van der Waals surface area contributed by atoms with E-state index in [1.54, 1.807) is 19.1 Å². The maximum Gasteiger partial charge on any atom is 0.272 e. The molecular formula is C10H14N8O. The third-order valence-corrected chi connectivity index (χ3v) is 2.35. The van der Waals surface area contributed by atoms with Gasteiger partial charge >= 0.3 is 0 Å². The number of carbonyl (C=O) groups is 1. The second-order valence-corrected chi connectivity index (χ2v) is 3.80. The number of hydrogen-bond acceptors (Lipinski definition) is 7. The molecule has 1 unspecified atom stereocenters. The lowest BCUT2D eigenvalue weighted by molar-refractivity contribution is 0.0932. The molecule has 0 radical (unpaired) electrons. The Kier molecular flexibility index (Phi) is 3.96. The Morgan fingerprint density at radius 2 is 2.21 bits per heavy atom. The molecule has 9 nitrogen and oxygen atoms in total. The Morgan fingerprint density at radius 1 is 1.37 bits per heavy atom. The molecule has 0 saturated carbocycles. The highest BCUT2D eigenvalue weighted by molar-refractivity contribution is 5.92. The van der Waals surface area contributed by atoms with Gasteiger partial charge in [-0.25, -0.2) is 0 Å². The maximum atomic E-state index is 11.9. The van der Waals surface area contributed by atoms with E-state index in [2.05, 4.69) is 41.5 Å². The first-order chi connectivity index (χ1) is 9.20. The van der Waals surface area contributed by atoms with E-state index >= 15 is 0 Å². The minimum absolute atomic E-state index is 0.233. The van der Waals surface area contributed by atoms with E-state index in [0.29, 0.717) is 11.6 Å². The monoisotopic (exact) mass is 262 g/mol. The summed E-state index contributed by atoms with van der Waals surface area (Å²) >= 11 is 0. The molecule has 0 bridgehead atoms. The molecule has 1 atom stereocenters. The number of aromatic amines is 1. The molecule has 2 aromatic rings. The summed E-state index contributed by atoms with van der Waals surface area (Å²) in [7, 11) is 0. The smallest absolute Gasteiger partial charge is 0.272 e. The molecule has 0 aromatic carbocycles. The van der Waals surface area contributed by atoms with Crippen molar-refractivity contribution in [1.82, 2.24) is 36.1 Å². The molecule has 0 aliphatic rings. The molecule has 0 spiro atoms. The van der Waals surface area contributed by atoms with E-state index in [1.165, 1.54) is 0 Å². The minimum Gasteiger partial charge on any atom is -0.369 e. The second kappa shape index (κ2) is 5.85. The van der Waals surface area contributed by atoms with E-state index < -0.39 is 0 Å². The van der Waals surface area contributed by atoms with Crippen LogP contribution in [-0.2, 0) is 0 Å². The third kappa shape index (κ3) is 3.21. The molecule has 2 aromatic heterocycles. The van der Waals surface area contributed by atoms with Crippen LogP contribution in [0.5, 0.6) is 0 Å². The fraction of sp³-hybridized carbons (Fsp3) is 0.400. The van der Waals surface area contributed by atoms with Crippen molar-refractivity contribution in [3.63, 3.8) is 0 Å². The van der Waals surface area contributed by atoms with Gasteiger partial charge in [0.2, 0.25) is 0 Å². The predicted octanol–water partition coefficient (Wildman–Crippen LogP) is -0.0875. The Morgan fingerprint density at radius 3 is 2.79 bits per heavy atom. The van der Waals surface area contributed by atoms with Crippen LogP contribution >= 0.6 is 0 Å². The second-order valence-electron chi connectivity index (χ2n) is 3.80. The number of anilines is 1. The third-order valence-electron chi connectivity index (χ3n) is 2.35. The van der Waals surface area contributed by atoms with Crippen LogP contribution in [0.3, 0.4) is 0 Å². The normalized spacial score (nSPS) is 11.9. The van der Waals surface area contributed by atoms with Gasteiger partial charge in [-0.1, -0.05) is 5.21 Å². The van der Waals surface area contributed by atoms with Crippen LogP contribution in [0.4, 0.5) is 5.82 Å². The molecule has 1 amide bonds. The SMILES string of the molecule is CCNc1ccc(C(=O)NC(C)c2nn[nH]n2)nn1. The van der Waals surface area contributed by atoms with Gasteiger partial charge in [-0.3, -0.25) is 4.79 Å². The van der Waals surface area contributed by atoms with Crippen molar-refractivity contribution in [1.29, 1.82) is 0 Å². The highest BCUT2D eigenvalue weighted by Crippen LogP contribution is 2.06. The highest BCUT2D eigenvalue weighted by atomic mass is 16.2. The fourth-order valence-electron chi connectivity index (χ4n) is 1.42. The fourth-order valence-corrected chi connectivity index (χ4v) is 1.42. The van der Waals surface area contributed by atoms with Gasteiger partial charge in [0, 0.05) is 6.54 Å². The number of nitrogens with zero attached hydrogens (tertiary/aromatic N) is 5. The lowest BCUT2D eigenvalue weighted by Gasteiger charge is -2.09. The quantitative estimate of drug-likeness (QED) is 0.688. The summed E-state index contributed by atoms with van der Waals surface area (Å²) in [5.74, 6) is 0.698. The van der Waals surface area contributed by atoms with Crippen molar-refractivity contribution in [3.05, 3.63) is 23.7 Å². The molecule has 0 aliphatic carbocycles. The lowest BCUT2D eigenvalue weighted by atomic mass is 10.3. The summed E-state index contributed by atoms with van der Waals surface area (Å²) in [6, 6.07) is 2.94. The largest absolute Gasteiger partial charge is 0.369 e. The van der Waals surface area contributed by atoms with E-state index in [4.69, 9.17) is 0 Å². The number of amides is 1. The number of hydrogen-bond donors (Lipinski definition) is 3. The number of rotatable bonds is 5. The van der Waals surface area contributed by atoms with Gasteiger partial charge in [0.1, 0.15) is 5.82 Å². The molecule has 100 valence electrons. The van der Waals surface area contributed by atoms with Gasteiger partial charge in [0.15, 0.2) is 11.5 Å². The summed E-state index contributed by atoms with van der Waals surface area (Å²) in [5.41, 5.74) is 0.233. The average molecular weight is 262 g/mol. The van der Waals surface area contributed by atoms with Gasteiger partial charge < -0.3 is 10.6 Å². The zero-order valence-electron chi connectivity index (χ0n) is 10.6. The number of H-pyrrole nitrogens is 1. The average Bonchev–Trinajstić information content (AvgIpc) is 2.94. The van der Waals surface area contributed by atoms with Crippen molar-refractivity contribution in [2.24, 2.45) is 0 Å². The summed E-state index contributed by atoms with van der Waals surface area (Å²) in [4.78, 5) is 11.9. The van der Waals surface area contributed by atoms with Crippen molar-refractivity contribution < 1.29 is 4.79 Å². The van der Waals surface area contributed by atoms with Gasteiger partial charge in [-0.05, 0) is 26.0 Å². The van der Waals surface area contributed by atoms with E-state index in [0.717, 1.165) is 6.54 Å². The van der Waals surface area contributed by atoms with Crippen LogP contribution in [0.25, 0.3) is 0 Å². The van der Waals surface area contributed by atoms with Gasteiger partial charge in [-0.2, -0.15) is 5.21 Å². The number of tetrazole rings is 1. The maximum absolute atomic E-state index is 11.9. The van der Waals surface area contributed by atoms with E-state index in [9.17, 15) is 4.79 Å². The number of aromatic nitrogens is 6. The summed E-state index contributed by atoms with van der Waals surface area (Å²) in [6.45, 7) is 4.45. The highest BCUT2D eigenvalue weighted by Gasteiger charge is 2.15. The van der Waals surface area contributed by atoms with Crippen molar-refractivity contribution in [2.45, 2.75) is 19.9 Å². The molecule has 0 saturated heterocycles. The first-order valence-corrected chi connectivity index (χ1v) is 5.82. The number of carbonyl (C=O) groups excluding carboxylic acids is 1. The van der Waals surface area contributed by atoms with Crippen LogP contribution in [0, 0.1) is 0 Å². The number of nitrogens with one attached hydrogen (secondary N) is 3. The van der Waals surface area contributed by atoms with Crippen LogP contribution in [-0.4, -0.2) is 43.3 Å². The van der Waals surface area contributed by atoms with Gasteiger partial charge in [0.25, 0.3) is 5.91 Å². The first-order valence-electron chi connectivity index (χ1n) is 5.82. The topological polar surface area (TPSA) is 121 Å². The van der Waals surface area contributed by atoms with Gasteiger partial charge in [-0.15, -0.1) is 20.4 Å². The summed E-state index contributed by atoms with van der Waals surface area (Å²) in [6.07, 6.45) is 0. The first kappa shape index (κ1) is 12.9. The molecule has 9 heteroatoms. The van der Waals surface area contributed by atoms with Crippen molar-refractivity contribution in [3.8, 4) is 0 Å². The van der Waals surface area contributed by atoms with Crippen LogP contribution in [0.15, 0.2) is 12.1 Å². The lowest BCUT2D eigenvalue weighted by Crippen LogP contribution is -2.28. The zero-order chi connectivity index (χ0) is 13.7. The summed E-state index contributed by atoms with van der Waals surface area (Å²) in [5, 5.41) is 26.8. The predicted molar refractivity (Wildman–Crippen MR) is 66.3 cm³/mol. The molecule has 0 aliphatic heterocycles. The van der Waals surface area contributed by atoms with Crippen LogP contribution in [0.2, 0.25) is 0 Å². The standard InChI is InChI=1S/C10H14N8O/c1-3-11-8-5-4-7(13-14-8)10(19)12-6(2)9-15-17-18-16-9/h4-6H,3H2,1-2H3,(H,11,14)(H,12,19)(H,15,16,17,18). The Hall–Kier alpha value is -2.58. The van der Waals surface area contributed by atoms with E-state index in [1.807, 2.05) is 6.92 Å².